The van der Waals surface area contributed by atoms with Crippen LogP contribution in [0.15, 0.2) is 18.5 Å². The Morgan fingerprint density at radius 1 is 1.33 bits per heavy atom. The fourth-order valence-corrected chi connectivity index (χ4v) is 4.22. The predicted octanol–water partition coefficient (Wildman–Crippen LogP) is 4.27. The SMILES string of the molecule is Cc1cnc(-c2[nH]ncc2NC(=O)N2CCC(O)(C(F)(F)F)CC23CC3)cc1OCC(C)C. The molecule has 8 nitrogen and oxygen atoms in total. The molecule has 180 valence electrons. The van der Waals surface area contributed by atoms with Crippen molar-refractivity contribution in [3.8, 4) is 17.1 Å². The van der Waals surface area contributed by atoms with E-state index in [1.54, 1.807) is 12.3 Å². The van der Waals surface area contributed by atoms with Crippen molar-refractivity contribution < 1.29 is 27.8 Å². The largest absolute Gasteiger partial charge is 0.493 e. The van der Waals surface area contributed by atoms with Crippen LogP contribution < -0.4 is 10.1 Å². The quantitative estimate of drug-likeness (QED) is 0.610. The number of carbonyl (C=O) groups is 1. The van der Waals surface area contributed by atoms with Crippen LogP contribution in [0.1, 0.15) is 45.1 Å². The molecule has 1 aliphatic heterocycles. The van der Waals surface area contributed by atoms with E-state index in [4.69, 9.17) is 4.74 Å². The van der Waals surface area contributed by atoms with E-state index >= 15 is 0 Å². The molecule has 1 atom stereocenters. The number of aromatic nitrogens is 3. The number of likely N-dealkylation sites (tertiary alicyclic amines) is 1. The summed E-state index contributed by atoms with van der Waals surface area (Å²) < 4.78 is 45.8. The Morgan fingerprint density at radius 3 is 2.70 bits per heavy atom. The zero-order valence-corrected chi connectivity index (χ0v) is 18.8. The van der Waals surface area contributed by atoms with E-state index in [1.165, 1.54) is 11.1 Å². The maximum absolute atomic E-state index is 13.3. The average molecular weight is 467 g/mol. The molecule has 0 aromatic carbocycles. The van der Waals surface area contributed by atoms with Gasteiger partial charge in [0, 0.05) is 42.8 Å². The number of aliphatic hydroxyl groups is 1. The summed E-state index contributed by atoms with van der Waals surface area (Å²) in [5.41, 5.74) is -1.54. The van der Waals surface area contributed by atoms with E-state index in [1.807, 2.05) is 20.8 Å². The van der Waals surface area contributed by atoms with E-state index in [2.05, 4.69) is 20.5 Å². The van der Waals surface area contributed by atoms with Crippen LogP contribution in [-0.4, -0.2) is 61.7 Å². The monoisotopic (exact) mass is 467 g/mol. The molecule has 1 aliphatic carbocycles. The fraction of sp³-hybridized carbons (Fsp3) is 0.591. The number of hydrogen-bond acceptors (Lipinski definition) is 5. The van der Waals surface area contributed by atoms with Crippen LogP contribution in [0, 0.1) is 12.8 Å². The number of anilines is 1. The van der Waals surface area contributed by atoms with Gasteiger partial charge in [0.25, 0.3) is 0 Å². The number of aromatic amines is 1. The summed E-state index contributed by atoms with van der Waals surface area (Å²) in [6.45, 7) is 6.32. The first-order valence-corrected chi connectivity index (χ1v) is 10.9. The topological polar surface area (TPSA) is 103 Å². The van der Waals surface area contributed by atoms with Gasteiger partial charge in [0.15, 0.2) is 5.60 Å². The maximum Gasteiger partial charge on any atom is 0.417 e. The van der Waals surface area contributed by atoms with Crippen molar-refractivity contribution >= 4 is 11.7 Å². The highest BCUT2D eigenvalue weighted by Gasteiger charge is 2.65. The first-order chi connectivity index (χ1) is 15.4. The number of urea groups is 1. The Labute approximate surface area is 189 Å². The van der Waals surface area contributed by atoms with E-state index in [0.29, 0.717) is 48.2 Å². The summed E-state index contributed by atoms with van der Waals surface area (Å²) in [6, 6.07) is 1.23. The average Bonchev–Trinajstić information content (AvgIpc) is 3.31. The highest BCUT2D eigenvalue weighted by Crippen LogP contribution is 2.55. The molecule has 11 heteroatoms. The predicted molar refractivity (Wildman–Crippen MR) is 115 cm³/mol. The van der Waals surface area contributed by atoms with Crippen LogP contribution in [0.25, 0.3) is 11.4 Å². The Balaban J connectivity index is 1.51. The number of amides is 2. The zero-order chi connectivity index (χ0) is 24.0. The Hall–Kier alpha value is -2.82. The standard InChI is InChI=1S/C22H28F3N5O3/c1-13(2)11-33-17-8-15(26-9-14(17)3)18-16(10-27-29-18)28-19(31)30-7-6-21(32,22(23,24)25)12-20(30)4-5-20/h8-10,13,32H,4-7,11-12H2,1-3H3,(H,27,29)(H,28,31). The van der Waals surface area contributed by atoms with Gasteiger partial charge in [-0.1, -0.05) is 13.8 Å². The van der Waals surface area contributed by atoms with E-state index < -0.39 is 36.2 Å². The molecule has 3 N–H and O–H groups in total. The number of hydrogen-bond donors (Lipinski definition) is 3. The summed E-state index contributed by atoms with van der Waals surface area (Å²) in [4.78, 5) is 18.8. The smallest absolute Gasteiger partial charge is 0.417 e. The van der Waals surface area contributed by atoms with Crippen molar-refractivity contribution in [2.45, 2.75) is 63.8 Å². The lowest BCUT2D eigenvalue weighted by atomic mass is 9.84. The summed E-state index contributed by atoms with van der Waals surface area (Å²) in [5, 5.41) is 19.7. The Kier molecular flexibility index (Phi) is 5.80. The van der Waals surface area contributed by atoms with Crippen LogP contribution >= 0.6 is 0 Å². The second-order valence-electron chi connectivity index (χ2n) is 9.46. The first kappa shape index (κ1) is 23.3. The molecule has 2 aromatic rings. The summed E-state index contributed by atoms with van der Waals surface area (Å²) in [6.07, 6.45) is -1.85. The normalized spacial score (nSPS) is 22.0. The summed E-state index contributed by atoms with van der Waals surface area (Å²) >= 11 is 0. The molecule has 0 radical (unpaired) electrons. The van der Waals surface area contributed by atoms with E-state index in [9.17, 15) is 23.1 Å². The maximum atomic E-state index is 13.3. The lowest BCUT2D eigenvalue weighted by molar-refractivity contribution is -0.277. The Morgan fingerprint density at radius 2 is 2.06 bits per heavy atom. The lowest BCUT2D eigenvalue weighted by Gasteiger charge is -2.45. The molecule has 0 bridgehead atoms. The number of halogens is 3. The van der Waals surface area contributed by atoms with E-state index in [-0.39, 0.29) is 6.54 Å². The number of ether oxygens (including phenoxy) is 1. The second-order valence-corrected chi connectivity index (χ2v) is 9.46. The van der Waals surface area contributed by atoms with Gasteiger partial charge in [-0.3, -0.25) is 10.1 Å². The zero-order valence-electron chi connectivity index (χ0n) is 18.8. The van der Waals surface area contributed by atoms with E-state index in [0.717, 1.165) is 5.56 Å². The fourth-order valence-electron chi connectivity index (χ4n) is 4.22. The minimum atomic E-state index is -4.73. The van der Waals surface area contributed by atoms with Gasteiger partial charge in [-0.2, -0.15) is 18.3 Å². The Bertz CT molecular complexity index is 1030. The van der Waals surface area contributed by atoms with Gasteiger partial charge in [-0.25, -0.2) is 4.79 Å². The van der Waals surface area contributed by atoms with Crippen molar-refractivity contribution in [2.24, 2.45) is 5.92 Å². The molecular weight excluding hydrogens is 439 g/mol. The van der Waals surface area contributed by atoms with Gasteiger partial charge < -0.3 is 20.1 Å². The molecule has 1 saturated heterocycles. The molecule has 2 fully saturated rings. The minimum absolute atomic E-state index is 0.189. The summed E-state index contributed by atoms with van der Waals surface area (Å²) in [5.74, 6) is 1.01. The van der Waals surface area contributed by atoms with Crippen LogP contribution in [0.5, 0.6) is 5.75 Å². The number of nitrogens with one attached hydrogen (secondary N) is 2. The second kappa shape index (κ2) is 8.19. The van der Waals surface area contributed by atoms with Gasteiger partial charge in [-0.15, -0.1) is 0 Å². The molecule has 1 spiro atoms. The number of H-pyrrole nitrogens is 1. The third-order valence-corrected chi connectivity index (χ3v) is 6.31. The number of pyridine rings is 1. The third-order valence-electron chi connectivity index (χ3n) is 6.31. The van der Waals surface area contributed by atoms with Crippen molar-refractivity contribution in [3.63, 3.8) is 0 Å². The highest BCUT2D eigenvalue weighted by molar-refractivity contribution is 5.93. The van der Waals surface area contributed by atoms with Gasteiger partial charge >= 0.3 is 12.2 Å². The molecule has 2 aromatic heterocycles. The van der Waals surface area contributed by atoms with Gasteiger partial charge in [0.2, 0.25) is 0 Å². The van der Waals surface area contributed by atoms with Crippen molar-refractivity contribution in [2.75, 3.05) is 18.5 Å². The van der Waals surface area contributed by atoms with Gasteiger partial charge in [-0.05, 0) is 25.7 Å². The number of alkyl halides is 3. The molecule has 3 heterocycles. The molecular formula is C22H28F3N5O3. The molecule has 4 rings (SSSR count). The molecule has 33 heavy (non-hydrogen) atoms. The molecule has 1 saturated carbocycles. The van der Waals surface area contributed by atoms with Crippen molar-refractivity contribution in [3.05, 3.63) is 24.0 Å². The third kappa shape index (κ3) is 4.50. The minimum Gasteiger partial charge on any atom is -0.493 e. The van der Waals surface area contributed by atoms with Crippen LogP contribution in [-0.2, 0) is 0 Å². The first-order valence-electron chi connectivity index (χ1n) is 10.9. The number of carbonyl (C=O) groups excluding carboxylic acids is 1. The van der Waals surface area contributed by atoms with Crippen molar-refractivity contribution in [1.82, 2.24) is 20.1 Å². The van der Waals surface area contributed by atoms with Gasteiger partial charge in [0.1, 0.15) is 11.4 Å². The summed E-state index contributed by atoms with van der Waals surface area (Å²) in [7, 11) is 0. The number of piperidine rings is 1. The van der Waals surface area contributed by atoms with Crippen LogP contribution in [0.2, 0.25) is 0 Å². The number of rotatable bonds is 5. The molecule has 1 unspecified atom stereocenters. The van der Waals surface area contributed by atoms with Crippen molar-refractivity contribution in [1.29, 1.82) is 0 Å². The number of aryl methyl sites for hydroxylation is 1. The lowest BCUT2D eigenvalue weighted by Crippen LogP contribution is -2.60. The van der Waals surface area contributed by atoms with Gasteiger partial charge in [0.05, 0.1) is 24.2 Å². The highest BCUT2D eigenvalue weighted by atomic mass is 19.4. The van der Waals surface area contributed by atoms with Crippen LogP contribution in [0.3, 0.4) is 0 Å². The number of nitrogens with zero attached hydrogens (tertiary/aromatic N) is 3. The van der Waals surface area contributed by atoms with Crippen LogP contribution in [0.4, 0.5) is 23.7 Å². The molecule has 2 amide bonds. The molecule has 2 aliphatic rings.